The maximum atomic E-state index is 5.55. The fourth-order valence-corrected chi connectivity index (χ4v) is 2.92. The van der Waals surface area contributed by atoms with Crippen LogP contribution in [0.15, 0.2) is 4.99 Å². The van der Waals surface area contributed by atoms with Gasteiger partial charge in [-0.15, -0.1) is 35.3 Å². The van der Waals surface area contributed by atoms with Crippen LogP contribution in [0.5, 0.6) is 0 Å². The number of aryl methyl sites for hydroxylation is 2. The lowest BCUT2D eigenvalue weighted by molar-refractivity contribution is 0.130. The van der Waals surface area contributed by atoms with Gasteiger partial charge in [0.2, 0.25) is 0 Å². The van der Waals surface area contributed by atoms with Crippen LogP contribution >= 0.6 is 35.3 Å². The van der Waals surface area contributed by atoms with Gasteiger partial charge in [0.15, 0.2) is 5.96 Å². The monoisotopic (exact) mass is 468 g/mol. The normalized spacial score (nSPS) is 11.2. The first-order valence-electron chi connectivity index (χ1n) is 8.70. The van der Waals surface area contributed by atoms with Gasteiger partial charge < -0.3 is 15.4 Å². The third kappa shape index (κ3) is 10.5. The van der Waals surface area contributed by atoms with Crippen LogP contribution in [0.3, 0.4) is 0 Å². The molecule has 0 bridgehead atoms. The standard InChI is InChI=1S/C17H32N4OS.HI/c1-5-7-12-22-13-8-10-19-17(18-6-2)20-11-9-16-21-14(3)15(4)23-16;/h5-13H2,1-4H3,(H2,18,19,20);1H. The molecule has 0 fully saturated rings. The number of nitrogens with zero attached hydrogens (tertiary/aromatic N) is 2. The Labute approximate surface area is 168 Å². The SMILES string of the molecule is CCCCOCCCN=C(NCC)NCCc1nc(C)c(C)s1.I. The van der Waals surface area contributed by atoms with Gasteiger partial charge in [0.05, 0.1) is 10.7 Å². The lowest BCUT2D eigenvalue weighted by Gasteiger charge is -2.10. The first-order chi connectivity index (χ1) is 11.2. The minimum Gasteiger partial charge on any atom is -0.381 e. The molecule has 0 aliphatic carbocycles. The van der Waals surface area contributed by atoms with Crippen LogP contribution in [0, 0.1) is 13.8 Å². The number of thiazole rings is 1. The molecule has 1 aromatic rings. The van der Waals surface area contributed by atoms with E-state index in [4.69, 9.17) is 4.74 Å². The molecule has 0 spiro atoms. The van der Waals surface area contributed by atoms with E-state index in [-0.39, 0.29) is 24.0 Å². The Morgan fingerprint density at radius 1 is 1.17 bits per heavy atom. The summed E-state index contributed by atoms with van der Waals surface area (Å²) in [7, 11) is 0. The summed E-state index contributed by atoms with van der Waals surface area (Å²) >= 11 is 1.78. The third-order valence-corrected chi connectivity index (χ3v) is 4.54. The number of rotatable bonds is 11. The number of aromatic nitrogens is 1. The van der Waals surface area contributed by atoms with Crippen molar-refractivity contribution in [3.05, 3.63) is 15.6 Å². The van der Waals surface area contributed by atoms with Crippen LogP contribution in [0.4, 0.5) is 0 Å². The molecular weight excluding hydrogens is 435 g/mol. The van der Waals surface area contributed by atoms with Crippen LogP contribution in [0.25, 0.3) is 0 Å². The second-order valence-corrected chi connectivity index (χ2v) is 6.79. The molecule has 140 valence electrons. The van der Waals surface area contributed by atoms with Gasteiger partial charge in [-0.2, -0.15) is 0 Å². The Balaban J connectivity index is 0.00000529. The number of unbranched alkanes of at least 4 members (excludes halogenated alkanes) is 1. The maximum absolute atomic E-state index is 5.55. The predicted molar refractivity (Wildman–Crippen MR) is 115 cm³/mol. The van der Waals surface area contributed by atoms with Crippen molar-refractivity contribution < 1.29 is 4.74 Å². The molecular formula is C17H33IN4OS. The fourth-order valence-electron chi connectivity index (χ4n) is 1.98. The summed E-state index contributed by atoms with van der Waals surface area (Å²) in [6, 6.07) is 0. The summed E-state index contributed by atoms with van der Waals surface area (Å²) in [5, 5.41) is 7.84. The van der Waals surface area contributed by atoms with Crippen LogP contribution in [-0.2, 0) is 11.2 Å². The quantitative estimate of drug-likeness (QED) is 0.225. The van der Waals surface area contributed by atoms with Crippen LogP contribution < -0.4 is 10.6 Å². The summed E-state index contributed by atoms with van der Waals surface area (Å²) in [6.07, 6.45) is 4.23. The Morgan fingerprint density at radius 2 is 1.92 bits per heavy atom. The zero-order valence-corrected chi connectivity index (χ0v) is 18.6. The lowest BCUT2D eigenvalue weighted by Crippen LogP contribution is -2.38. The highest BCUT2D eigenvalue weighted by Crippen LogP contribution is 2.16. The second-order valence-electron chi connectivity index (χ2n) is 5.51. The van der Waals surface area contributed by atoms with Crippen molar-refractivity contribution >= 4 is 41.3 Å². The molecule has 24 heavy (non-hydrogen) atoms. The second kappa shape index (κ2) is 14.9. The number of halogens is 1. The van der Waals surface area contributed by atoms with Gasteiger partial charge in [0, 0.05) is 44.1 Å². The average Bonchev–Trinajstić information content (AvgIpc) is 2.84. The zero-order valence-electron chi connectivity index (χ0n) is 15.5. The van der Waals surface area contributed by atoms with E-state index in [0.717, 1.165) is 63.8 Å². The number of guanidine groups is 1. The molecule has 0 radical (unpaired) electrons. The Bertz CT molecular complexity index is 446. The average molecular weight is 468 g/mol. The summed E-state index contributed by atoms with van der Waals surface area (Å²) in [5.74, 6) is 0.881. The van der Waals surface area contributed by atoms with Crippen LogP contribution in [0.2, 0.25) is 0 Å². The van der Waals surface area contributed by atoms with Crippen molar-refractivity contribution in [2.24, 2.45) is 4.99 Å². The number of hydrogen-bond acceptors (Lipinski definition) is 4. The molecule has 0 unspecified atom stereocenters. The van der Waals surface area contributed by atoms with Crippen molar-refractivity contribution in [3.8, 4) is 0 Å². The van der Waals surface area contributed by atoms with Crippen LogP contribution in [-0.4, -0.2) is 43.8 Å². The van der Waals surface area contributed by atoms with E-state index in [1.807, 2.05) is 0 Å². The maximum Gasteiger partial charge on any atom is 0.191 e. The fraction of sp³-hybridized carbons (Fsp3) is 0.765. The number of hydrogen-bond donors (Lipinski definition) is 2. The van der Waals surface area contributed by atoms with Gasteiger partial charge in [0.25, 0.3) is 0 Å². The van der Waals surface area contributed by atoms with Gasteiger partial charge in [-0.3, -0.25) is 4.99 Å². The lowest BCUT2D eigenvalue weighted by atomic mass is 10.4. The zero-order chi connectivity index (χ0) is 16.9. The van der Waals surface area contributed by atoms with E-state index in [1.165, 1.54) is 16.3 Å². The molecule has 0 aliphatic heterocycles. The predicted octanol–water partition coefficient (Wildman–Crippen LogP) is 3.68. The molecule has 0 amide bonds. The Hall–Kier alpha value is -0.410. The van der Waals surface area contributed by atoms with Gasteiger partial charge >= 0.3 is 0 Å². The van der Waals surface area contributed by atoms with Gasteiger partial charge in [0.1, 0.15) is 0 Å². The van der Waals surface area contributed by atoms with E-state index in [9.17, 15) is 0 Å². The van der Waals surface area contributed by atoms with E-state index in [0.29, 0.717) is 0 Å². The molecule has 5 nitrogen and oxygen atoms in total. The molecule has 1 heterocycles. The summed E-state index contributed by atoms with van der Waals surface area (Å²) in [6.45, 7) is 12.6. The minimum atomic E-state index is 0. The molecule has 0 atom stereocenters. The topological polar surface area (TPSA) is 58.5 Å². The third-order valence-electron chi connectivity index (χ3n) is 3.41. The first kappa shape index (κ1) is 23.6. The van der Waals surface area contributed by atoms with E-state index in [2.05, 4.69) is 48.3 Å². The molecule has 7 heteroatoms. The molecule has 0 aliphatic rings. The van der Waals surface area contributed by atoms with Crippen molar-refractivity contribution in [2.45, 2.75) is 53.4 Å². The van der Waals surface area contributed by atoms with Gasteiger partial charge in [-0.25, -0.2) is 4.98 Å². The smallest absolute Gasteiger partial charge is 0.191 e. The van der Waals surface area contributed by atoms with Crippen molar-refractivity contribution in [2.75, 3.05) is 32.8 Å². The highest BCUT2D eigenvalue weighted by molar-refractivity contribution is 14.0. The summed E-state index contributed by atoms with van der Waals surface area (Å²) < 4.78 is 5.55. The molecule has 1 aromatic heterocycles. The highest BCUT2D eigenvalue weighted by Gasteiger charge is 2.04. The minimum absolute atomic E-state index is 0. The number of ether oxygens (including phenoxy) is 1. The van der Waals surface area contributed by atoms with E-state index >= 15 is 0 Å². The van der Waals surface area contributed by atoms with Crippen molar-refractivity contribution in [1.29, 1.82) is 0 Å². The van der Waals surface area contributed by atoms with Crippen molar-refractivity contribution in [3.63, 3.8) is 0 Å². The highest BCUT2D eigenvalue weighted by atomic mass is 127. The molecule has 0 aromatic carbocycles. The first-order valence-corrected chi connectivity index (χ1v) is 9.51. The Morgan fingerprint density at radius 3 is 2.54 bits per heavy atom. The largest absolute Gasteiger partial charge is 0.381 e. The van der Waals surface area contributed by atoms with Gasteiger partial charge in [-0.1, -0.05) is 13.3 Å². The van der Waals surface area contributed by atoms with Gasteiger partial charge in [-0.05, 0) is 33.6 Å². The summed E-state index contributed by atoms with van der Waals surface area (Å²) in [5.41, 5.74) is 1.15. The summed E-state index contributed by atoms with van der Waals surface area (Å²) in [4.78, 5) is 10.5. The molecule has 1 rings (SSSR count). The molecule has 0 saturated heterocycles. The van der Waals surface area contributed by atoms with Crippen LogP contribution in [0.1, 0.15) is 48.7 Å². The van der Waals surface area contributed by atoms with Crippen molar-refractivity contribution in [1.82, 2.24) is 15.6 Å². The van der Waals surface area contributed by atoms with E-state index in [1.54, 1.807) is 11.3 Å². The van der Waals surface area contributed by atoms with E-state index < -0.39 is 0 Å². The molecule has 0 saturated carbocycles. The number of nitrogens with one attached hydrogen (secondary N) is 2. The number of aliphatic imine (C=N–C) groups is 1. The Kier molecular flexibility index (Phi) is 14.6. The molecule has 2 N–H and O–H groups in total.